The van der Waals surface area contributed by atoms with Crippen LogP contribution in [0.25, 0.3) is 0 Å². The molecule has 2 aliphatic rings. The van der Waals surface area contributed by atoms with Gasteiger partial charge in [-0.05, 0) is 31.4 Å². The maximum atomic E-state index is 12.9. The maximum absolute atomic E-state index is 12.9. The van der Waals surface area contributed by atoms with Crippen LogP contribution in [0.3, 0.4) is 0 Å². The highest BCUT2D eigenvalue weighted by atomic mass is 32.2. The number of benzene rings is 1. The van der Waals surface area contributed by atoms with Gasteiger partial charge in [-0.2, -0.15) is 17.0 Å². The molecule has 7 nitrogen and oxygen atoms in total. The van der Waals surface area contributed by atoms with Gasteiger partial charge in [0.05, 0.1) is 6.54 Å². The molecule has 2 saturated heterocycles. The predicted molar refractivity (Wildman–Crippen MR) is 107 cm³/mol. The number of amides is 1. The Labute approximate surface area is 162 Å². The van der Waals surface area contributed by atoms with Gasteiger partial charge in [0.2, 0.25) is 5.91 Å². The topological polar surface area (TPSA) is 73.0 Å². The van der Waals surface area contributed by atoms with E-state index in [1.54, 1.807) is 8.61 Å². The average Bonchev–Trinajstić information content (AvgIpc) is 2.94. The van der Waals surface area contributed by atoms with Gasteiger partial charge in [-0.3, -0.25) is 9.69 Å². The Bertz CT molecular complexity index is 737. The van der Waals surface area contributed by atoms with E-state index in [0.29, 0.717) is 39.3 Å². The van der Waals surface area contributed by atoms with Crippen LogP contribution in [0.15, 0.2) is 24.3 Å². The summed E-state index contributed by atoms with van der Waals surface area (Å²) in [5, 5.41) is 2.94. The quantitative estimate of drug-likeness (QED) is 0.825. The third-order valence-electron chi connectivity index (χ3n) is 5.34. The second-order valence-corrected chi connectivity index (χ2v) is 9.29. The Morgan fingerprint density at radius 1 is 0.926 bits per heavy atom. The second kappa shape index (κ2) is 9.14. The number of nitrogens with zero attached hydrogens (tertiary/aromatic N) is 3. The van der Waals surface area contributed by atoms with Crippen molar-refractivity contribution >= 4 is 21.8 Å². The summed E-state index contributed by atoms with van der Waals surface area (Å²) in [6.07, 6.45) is 4.10. The van der Waals surface area contributed by atoms with Crippen molar-refractivity contribution in [1.82, 2.24) is 13.5 Å². The SMILES string of the molecule is Cc1ccccc1NC(=O)CN1CCN(S(=O)(=O)N2CCCCCC2)CC1. The Morgan fingerprint density at radius 3 is 2.15 bits per heavy atom. The minimum atomic E-state index is -3.38. The van der Waals surface area contributed by atoms with Gasteiger partial charge in [-0.25, -0.2) is 0 Å². The zero-order chi connectivity index (χ0) is 19.3. The minimum Gasteiger partial charge on any atom is -0.325 e. The molecular weight excluding hydrogens is 364 g/mol. The smallest absolute Gasteiger partial charge is 0.282 e. The lowest BCUT2D eigenvalue weighted by Crippen LogP contribution is -2.54. The molecule has 0 spiro atoms. The van der Waals surface area contributed by atoms with E-state index >= 15 is 0 Å². The highest BCUT2D eigenvalue weighted by Crippen LogP contribution is 2.18. The molecule has 0 atom stereocenters. The highest BCUT2D eigenvalue weighted by Gasteiger charge is 2.32. The Morgan fingerprint density at radius 2 is 1.52 bits per heavy atom. The fourth-order valence-corrected chi connectivity index (χ4v) is 5.33. The molecule has 150 valence electrons. The number of rotatable bonds is 5. The van der Waals surface area contributed by atoms with E-state index in [1.165, 1.54) is 0 Å². The first-order valence-corrected chi connectivity index (χ1v) is 11.2. The van der Waals surface area contributed by atoms with E-state index < -0.39 is 10.2 Å². The molecule has 0 unspecified atom stereocenters. The molecule has 8 heteroatoms. The van der Waals surface area contributed by atoms with E-state index in [9.17, 15) is 13.2 Å². The number of carbonyl (C=O) groups is 1. The summed E-state index contributed by atoms with van der Waals surface area (Å²) < 4.78 is 28.9. The maximum Gasteiger partial charge on any atom is 0.282 e. The first kappa shape index (κ1) is 20.3. The zero-order valence-corrected chi connectivity index (χ0v) is 16.9. The average molecular weight is 395 g/mol. The molecule has 2 aliphatic heterocycles. The van der Waals surface area contributed by atoms with Gasteiger partial charge in [-0.15, -0.1) is 0 Å². The van der Waals surface area contributed by atoms with Gasteiger partial charge in [0, 0.05) is 45.0 Å². The standard InChI is InChI=1S/C19H30N4O3S/c1-17-8-4-5-9-18(17)20-19(24)16-21-12-14-23(15-13-21)27(25,26)22-10-6-2-3-7-11-22/h4-5,8-9H,2-3,6-7,10-16H2,1H3,(H,20,24). The number of hydrogen-bond donors (Lipinski definition) is 1. The summed E-state index contributed by atoms with van der Waals surface area (Å²) in [6.45, 7) is 5.53. The molecule has 0 radical (unpaired) electrons. The van der Waals surface area contributed by atoms with Gasteiger partial charge >= 0.3 is 0 Å². The lowest BCUT2D eigenvalue weighted by atomic mass is 10.2. The van der Waals surface area contributed by atoms with E-state index in [1.807, 2.05) is 36.1 Å². The Kier molecular flexibility index (Phi) is 6.86. The second-order valence-electron chi connectivity index (χ2n) is 7.36. The van der Waals surface area contributed by atoms with Gasteiger partial charge < -0.3 is 5.32 Å². The van der Waals surface area contributed by atoms with Crippen LogP contribution in [-0.2, 0) is 15.0 Å². The predicted octanol–water partition coefficient (Wildman–Crippen LogP) is 1.67. The molecule has 0 aromatic heterocycles. The number of aryl methyl sites for hydroxylation is 1. The minimum absolute atomic E-state index is 0.0619. The summed E-state index contributed by atoms with van der Waals surface area (Å²) in [5.41, 5.74) is 1.85. The van der Waals surface area contributed by atoms with Crippen molar-refractivity contribution in [3.05, 3.63) is 29.8 Å². The molecule has 1 aromatic rings. The first-order chi connectivity index (χ1) is 13.0. The number of anilines is 1. The summed E-state index contributed by atoms with van der Waals surface area (Å²) in [6, 6.07) is 7.69. The van der Waals surface area contributed by atoms with Crippen LogP contribution in [-0.4, -0.2) is 73.6 Å². The van der Waals surface area contributed by atoms with Crippen LogP contribution >= 0.6 is 0 Å². The summed E-state index contributed by atoms with van der Waals surface area (Å²) in [7, 11) is -3.38. The first-order valence-electron chi connectivity index (χ1n) is 9.80. The monoisotopic (exact) mass is 394 g/mol. The van der Waals surface area contributed by atoms with Crippen LogP contribution in [0, 0.1) is 6.92 Å². The van der Waals surface area contributed by atoms with Crippen molar-refractivity contribution in [2.24, 2.45) is 0 Å². The van der Waals surface area contributed by atoms with Gasteiger partial charge in [0.1, 0.15) is 0 Å². The highest BCUT2D eigenvalue weighted by molar-refractivity contribution is 7.86. The van der Waals surface area contributed by atoms with Crippen molar-refractivity contribution in [2.45, 2.75) is 32.6 Å². The number of piperazine rings is 1. The normalized spacial score (nSPS) is 20.9. The Hall–Kier alpha value is -1.48. The lowest BCUT2D eigenvalue weighted by Gasteiger charge is -2.36. The fraction of sp³-hybridized carbons (Fsp3) is 0.632. The van der Waals surface area contributed by atoms with Crippen molar-refractivity contribution in [1.29, 1.82) is 0 Å². The summed E-state index contributed by atoms with van der Waals surface area (Å²) in [5.74, 6) is -0.0619. The lowest BCUT2D eigenvalue weighted by molar-refractivity contribution is -0.117. The molecule has 2 heterocycles. The number of para-hydroxylation sites is 1. The van der Waals surface area contributed by atoms with Gasteiger partial charge in [0.25, 0.3) is 10.2 Å². The zero-order valence-electron chi connectivity index (χ0n) is 16.1. The fourth-order valence-electron chi connectivity index (χ4n) is 3.66. The number of hydrogen-bond acceptors (Lipinski definition) is 4. The van der Waals surface area contributed by atoms with E-state index in [0.717, 1.165) is 36.9 Å². The van der Waals surface area contributed by atoms with E-state index in [4.69, 9.17) is 0 Å². The molecule has 0 aliphatic carbocycles. The van der Waals surface area contributed by atoms with Crippen LogP contribution in [0.2, 0.25) is 0 Å². The molecule has 1 N–H and O–H groups in total. The van der Waals surface area contributed by atoms with Crippen LogP contribution in [0.5, 0.6) is 0 Å². The van der Waals surface area contributed by atoms with Crippen molar-refractivity contribution < 1.29 is 13.2 Å². The van der Waals surface area contributed by atoms with Crippen molar-refractivity contribution in [2.75, 3.05) is 51.1 Å². The number of nitrogens with one attached hydrogen (secondary N) is 1. The van der Waals surface area contributed by atoms with Crippen molar-refractivity contribution in [3.63, 3.8) is 0 Å². The van der Waals surface area contributed by atoms with Crippen LogP contribution in [0.4, 0.5) is 5.69 Å². The number of carbonyl (C=O) groups excluding carboxylic acids is 1. The molecular formula is C19H30N4O3S. The molecule has 1 aromatic carbocycles. The molecule has 0 bridgehead atoms. The van der Waals surface area contributed by atoms with Crippen LogP contribution in [0.1, 0.15) is 31.2 Å². The third kappa shape index (κ3) is 5.28. The molecule has 2 fully saturated rings. The van der Waals surface area contributed by atoms with E-state index in [2.05, 4.69) is 5.32 Å². The van der Waals surface area contributed by atoms with Gasteiger partial charge in [-0.1, -0.05) is 31.0 Å². The summed E-state index contributed by atoms with van der Waals surface area (Å²) in [4.78, 5) is 14.3. The molecule has 27 heavy (non-hydrogen) atoms. The van der Waals surface area contributed by atoms with E-state index in [-0.39, 0.29) is 12.5 Å². The molecule has 3 rings (SSSR count). The van der Waals surface area contributed by atoms with Crippen molar-refractivity contribution in [3.8, 4) is 0 Å². The van der Waals surface area contributed by atoms with Crippen LogP contribution < -0.4 is 5.32 Å². The molecule has 1 amide bonds. The largest absolute Gasteiger partial charge is 0.325 e. The summed E-state index contributed by atoms with van der Waals surface area (Å²) >= 11 is 0. The Balaban J connectivity index is 1.49. The molecule has 0 saturated carbocycles. The van der Waals surface area contributed by atoms with Gasteiger partial charge in [0.15, 0.2) is 0 Å². The third-order valence-corrected chi connectivity index (χ3v) is 7.37.